The Balaban J connectivity index is 2.18. The van der Waals surface area contributed by atoms with Gasteiger partial charge in [-0.2, -0.15) is 0 Å². The highest BCUT2D eigenvalue weighted by Gasteiger charge is 2.14. The highest BCUT2D eigenvalue weighted by Crippen LogP contribution is 2.24. The Hall–Kier alpha value is -2.56. The molecule has 0 aliphatic rings. The van der Waals surface area contributed by atoms with E-state index in [0.29, 0.717) is 22.6 Å². The Morgan fingerprint density at radius 3 is 2.76 bits per heavy atom. The number of benzene rings is 2. The lowest BCUT2D eigenvalue weighted by Gasteiger charge is -2.11. The van der Waals surface area contributed by atoms with Crippen LogP contribution in [0.1, 0.15) is 22.8 Å². The van der Waals surface area contributed by atoms with Crippen molar-refractivity contribution in [3.63, 3.8) is 0 Å². The highest BCUT2D eigenvalue weighted by molar-refractivity contribution is 5.93. The van der Waals surface area contributed by atoms with Gasteiger partial charge in [0.15, 0.2) is 0 Å². The van der Waals surface area contributed by atoms with Crippen LogP contribution in [-0.2, 0) is 11.3 Å². The number of anilines is 1. The summed E-state index contributed by atoms with van der Waals surface area (Å²) in [6.07, 6.45) is 0. The molecule has 0 unspecified atom stereocenters. The minimum atomic E-state index is -0.480. The Labute approximate surface area is 122 Å². The Morgan fingerprint density at radius 2 is 2.05 bits per heavy atom. The quantitative estimate of drug-likeness (QED) is 0.678. The summed E-state index contributed by atoms with van der Waals surface area (Å²) in [4.78, 5) is 11.8. The molecule has 0 bridgehead atoms. The molecule has 110 valence electrons. The lowest BCUT2D eigenvalue weighted by atomic mass is 10.2. The highest BCUT2D eigenvalue weighted by atomic mass is 19.1. The third kappa shape index (κ3) is 3.95. The molecule has 5 heteroatoms. The van der Waals surface area contributed by atoms with Crippen LogP contribution in [0.25, 0.3) is 0 Å². The first kappa shape index (κ1) is 14.8. The van der Waals surface area contributed by atoms with Crippen molar-refractivity contribution in [3.05, 3.63) is 59.4 Å². The molecule has 0 aliphatic carbocycles. The first-order valence-corrected chi connectivity index (χ1v) is 6.54. The molecular weight excluding hydrogens is 273 g/mol. The van der Waals surface area contributed by atoms with Crippen molar-refractivity contribution in [1.82, 2.24) is 0 Å². The number of halogens is 1. The minimum Gasteiger partial charge on any atom is -0.488 e. The third-order valence-corrected chi connectivity index (χ3v) is 2.78. The number of rotatable bonds is 5. The minimum absolute atomic E-state index is 0.133. The number of esters is 1. The number of nitrogen functional groups attached to an aromatic ring is 1. The monoisotopic (exact) mass is 289 g/mol. The summed E-state index contributed by atoms with van der Waals surface area (Å²) in [5.41, 5.74) is 7.13. The van der Waals surface area contributed by atoms with Gasteiger partial charge in [0.25, 0.3) is 0 Å². The normalized spacial score (nSPS) is 10.2. The second-order valence-corrected chi connectivity index (χ2v) is 4.39. The number of carbonyl (C=O) groups is 1. The van der Waals surface area contributed by atoms with Crippen LogP contribution in [0.3, 0.4) is 0 Å². The fraction of sp³-hybridized carbons (Fsp3) is 0.188. The van der Waals surface area contributed by atoms with Crippen molar-refractivity contribution in [1.29, 1.82) is 0 Å². The number of carbonyl (C=O) groups excluding carboxylic acids is 1. The van der Waals surface area contributed by atoms with Crippen LogP contribution in [0, 0.1) is 5.82 Å². The van der Waals surface area contributed by atoms with Crippen LogP contribution in [0.5, 0.6) is 5.75 Å². The van der Waals surface area contributed by atoms with Gasteiger partial charge in [0, 0.05) is 11.8 Å². The summed E-state index contributed by atoms with van der Waals surface area (Å²) >= 11 is 0. The van der Waals surface area contributed by atoms with E-state index in [1.54, 1.807) is 37.3 Å². The molecule has 0 saturated heterocycles. The lowest BCUT2D eigenvalue weighted by molar-refractivity contribution is 0.0521. The smallest absolute Gasteiger partial charge is 0.341 e. The Bertz CT molecular complexity index is 643. The maximum atomic E-state index is 13.1. The van der Waals surface area contributed by atoms with Crippen LogP contribution in [-0.4, -0.2) is 12.6 Å². The second kappa shape index (κ2) is 6.74. The fourth-order valence-corrected chi connectivity index (χ4v) is 1.82. The first-order chi connectivity index (χ1) is 10.1. The molecule has 0 amide bonds. The third-order valence-electron chi connectivity index (χ3n) is 2.78. The molecule has 0 radical (unpaired) electrons. The zero-order valence-corrected chi connectivity index (χ0v) is 11.6. The van der Waals surface area contributed by atoms with Gasteiger partial charge >= 0.3 is 5.97 Å². The van der Waals surface area contributed by atoms with E-state index in [1.165, 1.54) is 12.1 Å². The molecule has 0 aliphatic heterocycles. The van der Waals surface area contributed by atoms with Gasteiger partial charge in [-0.15, -0.1) is 0 Å². The molecule has 4 nitrogen and oxygen atoms in total. The number of nitrogens with two attached hydrogens (primary N) is 1. The van der Waals surface area contributed by atoms with Gasteiger partial charge in [-0.05, 0) is 36.8 Å². The van der Waals surface area contributed by atoms with Crippen molar-refractivity contribution in [2.75, 3.05) is 12.3 Å². The average molecular weight is 289 g/mol. The summed E-state index contributed by atoms with van der Waals surface area (Å²) in [5, 5.41) is 0. The van der Waals surface area contributed by atoms with E-state index in [2.05, 4.69) is 0 Å². The van der Waals surface area contributed by atoms with Crippen LogP contribution in [0.4, 0.5) is 10.1 Å². The van der Waals surface area contributed by atoms with Gasteiger partial charge in [0.05, 0.1) is 6.61 Å². The van der Waals surface area contributed by atoms with E-state index < -0.39 is 5.97 Å². The van der Waals surface area contributed by atoms with Gasteiger partial charge in [0.1, 0.15) is 23.7 Å². The Morgan fingerprint density at radius 1 is 1.24 bits per heavy atom. The largest absolute Gasteiger partial charge is 0.488 e. The van der Waals surface area contributed by atoms with Crippen molar-refractivity contribution < 1.29 is 18.7 Å². The number of hydrogen-bond donors (Lipinski definition) is 1. The summed E-state index contributed by atoms with van der Waals surface area (Å²) < 4.78 is 23.7. The van der Waals surface area contributed by atoms with Gasteiger partial charge in [-0.25, -0.2) is 9.18 Å². The van der Waals surface area contributed by atoms with E-state index in [0.717, 1.165) is 0 Å². The van der Waals surface area contributed by atoms with E-state index >= 15 is 0 Å². The summed E-state index contributed by atoms with van der Waals surface area (Å²) in [6, 6.07) is 10.8. The van der Waals surface area contributed by atoms with E-state index in [1.807, 2.05) is 0 Å². The summed E-state index contributed by atoms with van der Waals surface area (Å²) in [5.74, 6) is -0.501. The maximum Gasteiger partial charge on any atom is 0.341 e. The molecule has 2 aromatic rings. The topological polar surface area (TPSA) is 61.5 Å². The zero-order valence-electron chi connectivity index (χ0n) is 11.6. The predicted octanol–water partition coefficient (Wildman–Crippen LogP) is 3.16. The van der Waals surface area contributed by atoms with E-state index in [4.69, 9.17) is 15.2 Å². The van der Waals surface area contributed by atoms with Crippen LogP contribution >= 0.6 is 0 Å². The second-order valence-electron chi connectivity index (χ2n) is 4.39. The zero-order chi connectivity index (χ0) is 15.2. The molecule has 2 rings (SSSR count). The molecule has 0 spiro atoms. The summed E-state index contributed by atoms with van der Waals surface area (Å²) in [7, 11) is 0. The molecule has 0 heterocycles. The average Bonchev–Trinajstić information content (AvgIpc) is 2.45. The molecule has 2 aromatic carbocycles. The van der Waals surface area contributed by atoms with Crippen molar-refractivity contribution >= 4 is 11.7 Å². The van der Waals surface area contributed by atoms with Crippen LogP contribution < -0.4 is 10.5 Å². The molecular formula is C16H16FNO3. The van der Waals surface area contributed by atoms with Crippen LogP contribution in [0.2, 0.25) is 0 Å². The van der Waals surface area contributed by atoms with Gasteiger partial charge in [0.2, 0.25) is 0 Å². The molecule has 0 atom stereocenters. The predicted molar refractivity (Wildman–Crippen MR) is 77.5 cm³/mol. The summed E-state index contributed by atoms with van der Waals surface area (Å²) in [6.45, 7) is 2.13. The van der Waals surface area contributed by atoms with Crippen molar-refractivity contribution in [2.45, 2.75) is 13.5 Å². The lowest BCUT2D eigenvalue weighted by Crippen LogP contribution is -2.08. The van der Waals surface area contributed by atoms with Gasteiger partial charge in [-0.1, -0.05) is 12.1 Å². The molecule has 21 heavy (non-hydrogen) atoms. The fourth-order valence-electron chi connectivity index (χ4n) is 1.82. The van der Waals surface area contributed by atoms with Crippen molar-refractivity contribution in [3.8, 4) is 5.75 Å². The van der Waals surface area contributed by atoms with Crippen molar-refractivity contribution in [2.24, 2.45) is 0 Å². The molecule has 0 aromatic heterocycles. The van der Waals surface area contributed by atoms with Crippen LogP contribution in [0.15, 0.2) is 42.5 Å². The van der Waals surface area contributed by atoms with E-state index in [9.17, 15) is 9.18 Å². The molecule has 0 saturated carbocycles. The van der Waals surface area contributed by atoms with E-state index in [-0.39, 0.29) is 19.0 Å². The number of hydrogen-bond acceptors (Lipinski definition) is 4. The molecule has 0 fully saturated rings. The van der Waals surface area contributed by atoms with Gasteiger partial charge in [-0.3, -0.25) is 0 Å². The number of ether oxygens (including phenoxy) is 2. The first-order valence-electron chi connectivity index (χ1n) is 6.54. The Kier molecular flexibility index (Phi) is 4.77. The van der Waals surface area contributed by atoms with Gasteiger partial charge < -0.3 is 15.2 Å². The molecule has 2 N–H and O–H groups in total. The SMILES string of the molecule is CCOC(=O)c1ccc(N)cc1OCc1cccc(F)c1. The standard InChI is InChI=1S/C16H16FNO3/c1-2-20-16(19)14-7-6-13(18)9-15(14)21-10-11-4-3-5-12(17)8-11/h3-9H,2,10,18H2,1H3. The maximum absolute atomic E-state index is 13.1.